The van der Waals surface area contributed by atoms with Crippen molar-refractivity contribution < 1.29 is 9.53 Å². The highest BCUT2D eigenvalue weighted by Crippen LogP contribution is 2.39. The zero-order chi connectivity index (χ0) is 15.1. The van der Waals surface area contributed by atoms with Crippen molar-refractivity contribution in [2.24, 2.45) is 0 Å². The maximum absolute atomic E-state index is 11.9. The van der Waals surface area contributed by atoms with E-state index in [0.29, 0.717) is 17.9 Å². The van der Waals surface area contributed by atoms with E-state index in [2.05, 4.69) is 17.6 Å². The molecule has 5 heteroatoms. The van der Waals surface area contributed by atoms with Crippen LogP contribution < -0.4 is 10.1 Å². The van der Waals surface area contributed by atoms with Crippen LogP contribution >= 0.6 is 11.8 Å². The molecule has 1 aliphatic carbocycles. The van der Waals surface area contributed by atoms with Crippen molar-refractivity contribution >= 4 is 17.7 Å². The Balaban J connectivity index is 1.81. The van der Waals surface area contributed by atoms with Crippen molar-refractivity contribution in [3.8, 4) is 11.8 Å². The monoisotopic (exact) mass is 304 g/mol. The van der Waals surface area contributed by atoms with E-state index >= 15 is 0 Å². The molecule has 0 aromatic heterocycles. The van der Waals surface area contributed by atoms with Gasteiger partial charge in [-0.2, -0.15) is 17.0 Å². The number of benzene rings is 1. The highest BCUT2D eigenvalue weighted by Gasteiger charge is 2.33. The van der Waals surface area contributed by atoms with Crippen molar-refractivity contribution in [1.29, 1.82) is 5.26 Å². The first kappa shape index (κ1) is 15.7. The molecular formula is C16H20N2O2S. The van der Waals surface area contributed by atoms with Crippen LogP contribution in [0.4, 0.5) is 0 Å². The minimum Gasteiger partial charge on any atom is -0.482 e. The summed E-state index contributed by atoms with van der Waals surface area (Å²) in [6.07, 6.45) is 6.90. The fourth-order valence-corrected chi connectivity index (χ4v) is 3.52. The summed E-state index contributed by atoms with van der Waals surface area (Å²) in [5.41, 5.74) is 0.446. The number of thioether (sulfide) groups is 1. The Bertz CT molecular complexity index is 533. The van der Waals surface area contributed by atoms with Crippen LogP contribution in [0.3, 0.4) is 0 Å². The van der Waals surface area contributed by atoms with Gasteiger partial charge in [0, 0.05) is 11.3 Å². The van der Waals surface area contributed by atoms with Gasteiger partial charge in [0.05, 0.1) is 5.56 Å². The summed E-state index contributed by atoms with van der Waals surface area (Å²) >= 11 is 1.84. The van der Waals surface area contributed by atoms with Gasteiger partial charge in [0.2, 0.25) is 0 Å². The molecule has 0 spiro atoms. The van der Waals surface area contributed by atoms with Crippen molar-refractivity contribution in [1.82, 2.24) is 5.32 Å². The molecule has 21 heavy (non-hydrogen) atoms. The van der Waals surface area contributed by atoms with Crippen molar-refractivity contribution in [3.63, 3.8) is 0 Å². The Kier molecular flexibility index (Phi) is 5.51. The van der Waals surface area contributed by atoms with E-state index in [1.807, 2.05) is 11.8 Å². The molecule has 1 N–H and O–H groups in total. The van der Waals surface area contributed by atoms with Gasteiger partial charge < -0.3 is 10.1 Å². The van der Waals surface area contributed by atoms with Crippen LogP contribution in [0.2, 0.25) is 0 Å². The van der Waals surface area contributed by atoms with Crippen LogP contribution in [0.15, 0.2) is 24.3 Å². The van der Waals surface area contributed by atoms with E-state index in [4.69, 9.17) is 10.00 Å². The Morgan fingerprint density at radius 2 is 2.14 bits per heavy atom. The number of rotatable bonds is 6. The van der Waals surface area contributed by atoms with Gasteiger partial charge in [-0.05, 0) is 31.2 Å². The molecule has 1 aromatic rings. The normalized spacial score (nSPS) is 16.2. The molecule has 0 heterocycles. The second-order valence-electron chi connectivity index (χ2n) is 5.27. The number of para-hydroxylation sites is 1. The molecular weight excluding hydrogens is 284 g/mol. The number of carbonyl (C=O) groups excluding carboxylic acids is 1. The molecule has 0 unspecified atom stereocenters. The average molecular weight is 304 g/mol. The zero-order valence-corrected chi connectivity index (χ0v) is 13.0. The first-order chi connectivity index (χ1) is 10.2. The largest absolute Gasteiger partial charge is 0.482 e. The van der Waals surface area contributed by atoms with E-state index in [1.54, 1.807) is 24.3 Å². The van der Waals surface area contributed by atoms with Gasteiger partial charge in [0.25, 0.3) is 5.91 Å². The summed E-state index contributed by atoms with van der Waals surface area (Å²) in [6, 6.07) is 8.99. The molecule has 0 atom stereocenters. The highest BCUT2D eigenvalue weighted by molar-refractivity contribution is 8.00. The summed E-state index contributed by atoms with van der Waals surface area (Å²) in [6.45, 7) is 0.638. The maximum Gasteiger partial charge on any atom is 0.257 e. The molecule has 1 fully saturated rings. The second kappa shape index (κ2) is 7.37. The molecule has 1 aliphatic rings. The molecule has 0 radical (unpaired) electrons. The smallest absolute Gasteiger partial charge is 0.257 e. The quantitative estimate of drug-likeness (QED) is 0.878. The van der Waals surface area contributed by atoms with Gasteiger partial charge in [-0.1, -0.05) is 25.0 Å². The average Bonchev–Trinajstić information content (AvgIpc) is 3.00. The lowest BCUT2D eigenvalue weighted by Crippen LogP contribution is -2.40. The Labute approximate surface area is 129 Å². The molecule has 112 valence electrons. The highest BCUT2D eigenvalue weighted by atomic mass is 32.2. The minimum atomic E-state index is -0.136. The predicted octanol–water partition coefficient (Wildman–Crippen LogP) is 2.73. The number of amides is 1. The number of carbonyl (C=O) groups is 1. The molecule has 1 saturated carbocycles. The zero-order valence-electron chi connectivity index (χ0n) is 12.2. The number of hydrogen-bond acceptors (Lipinski definition) is 4. The molecule has 2 rings (SSSR count). The van der Waals surface area contributed by atoms with Crippen molar-refractivity contribution in [3.05, 3.63) is 29.8 Å². The van der Waals surface area contributed by atoms with Gasteiger partial charge in [-0.25, -0.2) is 0 Å². The Hall–Kier alpha value is -1.67. The molecule has 0 saturated heterocycles. The molecule has 1 amide bonds. The van der Waals surface area contributed by atoms with Crippen LogP contribution in [0.25, 0.3) is 0 Å². The maximum atomic E-state index is 11.9. The summed E-state index contributed by atoms with van der Waals surface area (Å²) in [5.74, 6) is 0.318. The third-order valence-corrected chi connectivity index (χ3v) is 5.34. The fraction of sp³-hybridized carbons (Fsp3) is 0.500. The summed E-state index contributed by atoms with van der Waals surface area (Å²) in [7, 11) is 0. The topological polar surface area (TPSA) is 62.1 Å². The molecule has 1 aromatic carbocycles. The number of nitrogens with zero attached hydrogens (tertiary/aromatic N) is 1. The number of ether oxygens (including phenoxy) is 1. The van der Waals surface area contributed by atoms with Crippen LogP contribution in [0.1, 0.15) is 31.2 Å². The van der Waals surface area contributed by atoms with E-state index in [-0.39, 0.29) is 17.3 Å². The van der Waals surface area contributed by atoms with E-state index < -0.39 is 0 Å². The van der Waals surface area contributed by atoms with Gasteiger partial charge in [-0.3, -0.25) is 4.79 Å². The van der Waals surface area contributed by atoms with E-state index in [0.717, 1.165) is 12.8 Å². The van der Waals surface area contributed by atoms with E-state index in [1.165, 1.54) is 12.8 Å². The lowest BCUT2D eigenvalue weighted by Gasteiger charge is -2.26. The number of nitriles is 1. The lowest BCUT2D eigenvalue weighted by molar-refractivity contribution is -0.123. The number of hydrogen-bond donors (Lipinski definition) is 1. The van der Waals surface area contributed by atoms with Gasteiger partial charge >= 0.3 is 0 Å². The number of nitrogens with one attached hydrogen (secondary N) is 1. The fourth-order valence-electron chi connectivity index (χ4n) is 2.61. The lowest BCUT2D eigenvalue weighted by atomic mass is 10.1. The van der Waals surface area contributed by atoms with Crippen molar-refractivity contribution in [2.45, 2.75) is 30.4 Å². The van der Waals surface area contributed by atoms with Crippen LogP contribution in [0.5, 0.6) is 5.75 Å². The van der Waals surface area contributed by atoms with Gasteiger partial charge in [0.1, 0.15) is 11.8 Å². The van der Waals surface area contributed by atoms with Crippen LogP contribution in [0, 0.1) is 11.3 Å². The molecule has 0 aliphatic heterocycles. The van der Waals surface area contributed by atoms with Crippen molar-refractivity contribution in [2.75, 3.05) is 19.4 Å². The van der Waals surface area contributed by atoms with Gasteiger partial charge in [0.15, 0.2) is 6.61 Å². The van der Waals surface area contributed by atoms with E-state index in [9.17, 15) is 4.79 Å². The molecule has 4 nitrogen and oxygen atoms in total. The predicted molar refractivity (Wildman–Crippen MR) is 84.4 cm³/mol. The van der Waals surface area contributed by atoms with Gasteiger partial charge in [-0.15, -0.1) is 0 Å². The third-order valence-electron chi connectivity index (χ3n) is 3.92. The van der Waals surface area contributed by atoms with Crippen LogP contribution in [-0.2, 0) is 4.79 Å². The second-order valence-corrected chi connectivity index (χ2v) is 6.54. The Morgan fingerprint density at radius 1 is 1.43 bits per heavy atom. The Morgan fingerprint density at radius 3 is 2.81 bits per heavy atom. The third kappa shape index (κ3) is 4.15. The SMILES string of the molecule is CSC1(CNC(=O)COc2ccccc2C#N)CCCC1. The first-order valence-electron chi connectivity index (χ1n) is 7.13. The van der Waals surface area contributed by atoms with Crippen LogP contribution in [-0.4, -0.2) is 30.1 Å². The molecule has 0 bridgehead atoms. The summed E-state index contributed by atoms with van der Waals surface area (Å²) < 4.78 is 5.62. The minimum absolute atomic E-state index is 0.0524. The standard InChI is InChI=1S/C16H20N2O2S/c1-21-16(8-4-5-9-16)12-18-15(19)11-20-14-7-3-2-6-13(14)10-17/h2-3,6-7H,4-5,8-9,11-12H2,1H3,(H,18,19). The summed E-state index contributed by atoms with van der Waals surface area (Å²) in [4.78, 5) is 11.9. The summed E-state index contributed by atoms with van der Waals surface area (Å²) in [5, 5.41) is 11.9. The first-order valence-corrected chi connectivity index (χ1v) is 8.35.